The number of carboxylic acid groups (broad SMARTS) is 1. The first-order valence-corrected chi connectivity index (χ1v) is 8.93. The van der Waals surface area contributed by atoms with E-state index in [1.165, 1.54) is 18.2 Å². The van der Waals surface area contributed by atoms with Gasteiger partial charge < -0.3 is 15.2 Å². The monoisotopic (exact) mass is 396 g/mol. The highest BCUT2D eigenvalue weighted by Crippen LogP contribution is 2.20. The Kier molecular flexibility index (Phi) is 7.55. The van der Waals surface area contributed by atoms with Gasteiger partial charge in [-0.2, -0.15) is 0 Å². The van der Waals surface area contributed by atoms with E-state index >= 15 is 0 Å². The van der Waals surface area contributed by atoms with E-state index in [1.54, 1.807) is 47.6 Å². The maximum atomic E-state index is 13.5. The Bertz CT molecular complexity index is 722. The van der Waals surface area contributed by atoms with E-state index < -0.39 is 47.4 Å². The van der Waals surface area contributed by atoms with Crippen LogP contribution in [0.3, 0.4) is 0 Å². The fraction of sp³-hybridized carbons (Fsp3) is 0.550. The molecule has 7 nitrogen and oxygen atoms in total. The Hall–Kier alpha value is -2.64. The molecule has 2 amide bonds. The molecule has 0 fully saturated rings. The molecule has 0 aliphatic carbocycles. The second-order valence-electron chi connectivity index (χ2n) is 8.67. The van der Waals surface area contributed by atoms with Crippen LogP contribution < -0.4 is 5.32 Å². The molecule has 156 valence electrons. The number of carbonyl (C=O) groups excluding carboxylic acids is 2. The lowest BCUT2D eigenvalue weighted by Crippen LogP contribution is -2.52. The minimum atomic E-state index is -1.17. The van der Waals surface area contributed by atoms with Gasteiger partial charge in [0.05, 0.1) is 0 Å². The standard InChI is InChI=1S/C20H29FN2O5/c1-19(2,3)16(17(25)26)22-15(24)12-23(18(27)28-20(4,5)6)11-13-8-7-9-14(21)10-13/h7-10,16H,11-12H2,1-6H3,(H,22,24)(H,25,26). The lowest BCUT2D eigenvalue weighted by atomic mass is 9.87. The summed E-state index contributed by atoms with van der Waals surface area (Å²) in [4.78, 5) is 37.5. The van der Waals surface area contributed by atoms with Gasteiger partial charge in [-0.05, 0) is 43.9 Å². The third-order valence-electron chi connectivity index (χ3n) is 3.67. The highest BCUT2D eigenvalue weighted by molar-refractivity contribution is 5.87. The van der Waals surface area contributed by atoms with Gasteiger partial charge in [-0.1, -0.05) is 32.9 Å². The van der Waals surface area contributed by atoms with Gasteiger partial charge in [-0.15, -0.1) is 0 Å². The van der Waals surface area contributed by atoms with E-state index in [-0.39, 0.29) is 6.54 Å². The Morgan fingerprint density at radius 3 is 2.25 bits per heavy atom. The maximum absolute atomic E-state index is 13.5. The molecule has 1 atom stereocenters. The summed E-state index contributed by atoms with van der Waals surface area (Å²) < 4.78 is 18.8. The smallest absolute Gasteiger partial charge is 0.411 e. The van der Waals surface area contributed by atoms with Crippen molar-refractivity contribution in [3.05, 3.63) is 35.6 Å². The molecule has 1 rings (SSSR count). The van der Waals surface area contributed by atoms with E-state index in [9.17, 15) is 23.9 Å². The second kappa shape index (κ2) is 9.03. The molecule has 0 spiro atoms. The predicted octanol–water partition coefficient (Wildman–Crippen LogP) is 3.18. The molecule has 1 aromatic carbocycles. The van der Waals surface area contributed by atoms with E-state index in [1.807, 2.05) is 0 Å². The van der Waals surface area contributed by atoms with Crippen LogP contribution in [0.5, 0.6) is 0 Å². The van der Waals surface area contributed by atoms with Gasteiger partial charge in [0.15, 0.2) is 0 Å². The van der Waals surface area contributed by atoms with Crippen molar-refractivity contribution in [2.24, 2.45) is 5.41 Å². The number of benzene rings is 1. The van der Waals surface area contributed by atoms with E-state index in [2.05, 4.69) is 5.32 Å². The van der Waals surface area contributed by atoms with Crippen LogP contribution in [-0.4, -0.2) is 46.2 Å². The van der Waals surface area contributed by atoms with Crippen molar-refractivity contribution in [3.63, 3.8) is 0 Å². The highest BCUT2D eigenvalue weighted by atomic mass is 19.1. The zero-order valence-electron chi connectivity index (χ0n) is 17.2. The molecule has 1 aromatic rings. The maximum Gasteiger partial charge on any atom is 0.411 e. The third kappa shape index (κ3) is 7.94. The van der Waals surface area contributed by atoms with Crippen LogP contribution in [0.25, 0.3) is 0 Å². The topological polar surface area (TPSA) is 95.9 Å². The number of nitrogens with zero attached hydrogens (tertiary/aromatic N) is 1. The highest BCUT2D eigenvalue weighted by Gasteiger charge is 2.33. The Balaban J connectivity index is 2.99. The van der Waals surface area contributed by atoms with Gasteiger partial charge in [0.2, 0.25) is 5.91 Å². The van der Waals surface area contributed by atoms with E-state index in [4.69, 9.17) is 4.74 Å². The van der Waals surface area contributed by atoms with Crippen LogP contribution in [0.2, 0.25) is 0 Å². The molecule has 2 N–H and O–H groups in total. The normalized spacial score (nSPS) is 12.8. The molecule has 28 heavy (non-hydrogen) atoms. The summed E-state index contributed by atoms with van der Waals surface area (Å²) in [7, 11) is 0. The average Bonchev–Trinajstić information content (AvgIpc) is 2.49. The zero-order valence-corrected chi connectivity index (χ0v) is 17.2. The molecule has 0 bridgehead atoms. The molecule has 0 saturated heterocycles. The van der Waals surface area contributed by atoms with Crippen LogP contribution in [0.1, 0.15) is 47.1 Å². The molecule has 0 aliphatic heterocycles. The van der Waals surface area contributed by atoms with Crippen molar-refractivity contribution in [1.82, 2.24) is 10.2 Å². The summed E-state index contributed by atoms with van der Waals surface area (Å²) >= 11 is 0. The largest absolute Gasteiger partial charge is 0.480 e. The van der Waals surface area contributed by atoms with Crippen molar-refractivity contribution in [1.29, 1.82) is 0 Å². The average molecular weight is 396 g/mol. The number of amides is 2. The molecule has 0 aliphatic rings. The molecule has 8 heteroatoms. The number of carboxylic acids is 1. The number of rotatable bonds is 6. The van der Waals surface area contributed by atoms with Crippen LogP contribution in [-0.2, 0) is 20.9 Å². The quantitative estimate of drug-likeness (QED) is 0.770. The minimum Gasteiger partial charge on any atom is -0.480 e. The van der Waals surface area contributed by atoms with Crippen LogP contribution in [0, 0.1) is 11.2 Å². The molecule has 0 heterocycles. The van der Waals surface area contributed by atoms with E-state index in [0.29, 0.717) is 5.56 Å². The number of carbonyl (C=O) groups is 3. The lowest BCUT2D eigenvalue weighted by Gasteiger charge is -2.30. The Morgan fingerprint density at radius 2 is 1.79 bits per heavy atom. The summed E-state index contributed by atoms with van der Waals surface area (Å²) in [6.07, 6.45) is -0.755. The van der Waals surface area contributed by atoms with Crippen molar-refractivity contribution >= 4 is 18.0 Å². The van der Waals surface area contributed by atoms with Crippen LogP contribution in [0.15, 0.2) is 24.3 Å². The molecule has 0 radical (unpaired) electrons. The lowest BCUT2D eigenvalue weighted by molar-refractivity contribution is -0.145. The summed E-state index contributed by atoms with van der Waals surface area (Å²) in [5.74, 6) is -2.29. The van der Waals surface area contributed by atoms with E-state index in [0.717, 1.165) is 4.90 Å². The number of aliphatic carboxylic acids is 1. The predicted molar refractivity (Wildman–Crippen MR) is 102 cm³/mol. The fourth-order valence-corrected chi connectivity index (χ4v) is 2.40. The molecule has 0 aromatic heterocycles. The van der Waals surface area contributed by atoms with Gasteiger partial charge in [-0.3, -0.25) is 9.69 Å². The fourth-order valence-electron chi connectivity index (χ4n) is 2.40. The van der Waals surface area contributed by atoms with Crippen molar-refractivity contribution in [2.75, 3.05) is 6.54 Å². The molecule has 1 unspecified atom stereocenters. The Labute approximate surface area is 164 Å². The first kappa shape index (κ1) is 23.4. The summed E-state index contributed by atoms with van der Waals surface area (Å²) in [6, 6.07) is 4.51. The zero-order chi connectivity index (χ0) is 21.7. The number of halogens is 1. The summed E-state index contributed by atoms with van der Waals surface area (Å²) in [5, 5.41) is 11.8. The van der Waals surface area contributed by atoms with Crippen LogP contribution in [0.4, 0.5) is 9.18 Å². The molecule has 0 saturated carbocycles. The summed E-state index contributed by atoms with van der Waals surface area (Å²) in [5.41, 5.74) is -1.03. The van der Waals surface area contributed by atoms with Gasteiger partial charge in [0.1, 0.15) is 24.0 Å². The van der Waals surface area contributed by atoms with Crippen molar-refractivity contribution < 1.29 is 28.6 Å². The van der Waals surface area contributed by atoms with Gasteiger partial charge >= 0.3 is 12.1 Å². The first-order valence-electron chi connectivity index (χ1n) is 8.93. The second-order valence-corrected chi connectivity index (χ2v) is 8.67. The molecular formula is C20H29FN2O5. The van der Waals surface area contributed by atoms with Gasteiger partial charge in [0, 0.05) is 6.54 Å². The third-order valence-corrected chi connectivity index (χ3v) is 3.67. The number of nitrogens with one attached hydrogen (secondary N) is 1. The van der Waals surface area contributed by atoms with Crippen LogP contribution >= 0.6 is 0 Å². The van der Waals surface area contributed by atoms with Crippen molar-refractivity contribution in [2.45, 2.75) is 59.7 Å². The minimum absolute atomic E-state index is 0.0622. The van der Waals surface area contributed by atoms with Gasteiger partial charge in [0.25, 0.3) is 0 Å². The van der Waals surface area contributed by atoms with Gasteiger partial charge in [-0.25, -0.2) is 14.0 Å². The first-order chi connectivity index (χ1) is 12.7. The molecular weight excluding hydrogens is 367 g/mol. The summed E-state index contributed by atoms with van der Waals surface area (Å²) in [6.45, 7) is 9.63. The number of hydrogen-bond donors (Lipinski definition) is 2. The van der Waals surface area contributed by atoms with Crippen molar-refractivity contribution in [3.8, 4) is 0 Å². The Morgan fingerprint density at radius 1 is 1.18 bits per heavy atom. The SMILES string of the molecule is CC(C)(C)OC(=O)N(CC(=O)NC(C(=O)O)C(C)(C)C)Cc1cccc(F)c1. The number of ether oxygens (including phenoxy) is 1. The number of hydrogen-bond acceptors (Lipinski definition) is 4.